The zero-order valence-electron chi connectivity index (χ0n) is 15.6. The highest BCUT2D eigenvalue weighted by molar-refractivity contribution is 5.80. The number of hydrogen-bond acceptors (Lipinski definition) is 4. The van der Waals surface area contributed by atoms with E-state index in [1.807, 2.05) is 6.92 Å². The predicted octanol–water partition coefficient (Wildman–Crippen LogP) is 2.02. The molecule has 1 saturated carbocycles. The van der Waals surface area contributed by atoms with Gasteiger partial charge in [0, 0.05) is 24.1 Å². The molecule has 6 nitrogen and oxygen atoms in total. The Morgan fingerprint density at radius 1 is 1.15 bits per heavy atom. The van der Waals surface area contributed by atoms with Gasteiger partial charge in [-0.2, -0.15) is 5.10 Å². The fourth-order valence-electron chi connectivity index (χ4n) is 5.34. The van der Waals surface area contributed by atoms with E-state index in [1.54, 1.807) is 6.07 Å². The van der Waals surface area contributed by atoms with Gasteiger partial charge in [-0.1, -0.05) is 12.8 Å². The number of carbonyl (C=O) groups is 1. The van der Waals surface area contributed by atoms with Crippen LogP contribution in [0.15, 0.2) is 16.9 Å². The second kappa shape index (κ2) is 6.80. The number of hydrogen-bond donors (Lipinski definition) is 1. The quantitative estimate of drug-likeness (QED) is 0.896. The maximum atomic E-state index is 13.1. The molecule has 0 aromatic carbocycles. The lowest BCUT2D eigenvalue weighted by molar-refractivity contribution is -0.156. The van der Waals surface area contributed by atoms with E-state index in [0.717, 1.165) is 50.6 Å². The van der Waals surface area contributed by atoms with Gasteiger partial charge in [0.2, 0.25) is 5.91 Å². The van der Waals surface area contributed by atoms with Crippen LogP contribution in [0.25, 0.3) is 0 Å². The molecule has 0 spiro atoms. The third kappa shape index (κ3) is 3.31. The van der Waals surface area contributed by atoms with Crippen LogP contribution in [-0.2, 0) is 11.3 Å². The van der Waals surface area contributed by atoms with Gasteiger partial charge in [0.05, 0.1) is 17.8 Å². The lowest BCUT2D eigenvalue weighted by Gasteiger charge is -2.52. The van der Waals surface area contributed by atoms with Gasteiger partial charge < -0.3 is 10.0 Å². The number of fused-ring (bicyclic) bond motifs is 2. The Hall–Kier alpha value is -1.69. The highest BCUT2D eigenvalue weighted by Crippen LogP contribution is 2.42. The van der Waals surface area contributed by atoms with Crippen molar-refractivity contribution in [3.8, 4) is 0 Å². The molecule has 3 fully saturated rings. The van der Waals surface area contributed by atoms with Crippen molar-refractivity contribution < 1.29 is 9.90 Å². The van der Waals surface area contributed by atoms with Gasteiger partial charge in [-0.3, -0.25) is 9.59 Å². The number of carbonyl (C=O) groups excluding carboxylic acids is 1. The van der Waals surface area contributed by atoms with E-state index in [0.29, 0.717) is 18.7 Å². The van der Waals surface area contributed by atoms with E-state index in [1.165, 1.54) is 10.7 Å². The van der Waals surface area contributed by atoms with Crippen LogP contribution in [0.4, 0.5) is 0 Å². The van der Waals surface area contributed by atoms with Crippen LogP contribution in [0.5, 0.6) is 0 Å². The third-order valence-corrected chi connectivity index (χ3v) is 6.50. The normalized spacial score (nSPS) is 32.0. The van der Waals surface area contributed by atoms with Gasteiger partial charge in [-0.25, -0.2) is 4.68 Å². The van der Waals surface area contributed by atoms with E-state index in [9.17, 15) is 14.7 Å². The topological polar surface area (TPSA) is 75.4 Å². The minimum absolute atomic E-state index is 0.0983. The Balaban J connectivity index is 1.54. The average molecular weight is 359 g/mol. The van der Waals surface area contributed by atoms with Crippen LogP contribution in [0.2, 0.25) is 0 Å². The van der Waals surface area contributed by atoms with E-state index >= 15 is 0 Å². The largest absolute Gasteiger partial charge is 0.388 e. The highest BCUT2D eigenvalue weighted by Gasteiger charge is 2.48. The smallest absolute Gasteiger partial charge is 0.266 e. The fourth-order valence-corrected chi connectivity index (χ4v) is 5.34. The molecule has 1 aromatic rings. The lowest BCUT2D eigenvalue weighted by Crippen LogP contribution is -2.62. The first-order valence-electron chi connectivity index (χ1n) is 10.0. The van der Waals surface area contributed by atoms with Crippen LogP contribution in [0, 0.1) is 12.8 Å². The van der Waals surface area contributed by atoms with Gasteiger partial charge in [-0.05, 0) is 57.9 Å². The molecule has 1 N–H and O–H groups in total. The Bertz CT molecular complexity index is 724. The zero-order chi connectivity index (χ0) is 18.3. The summed E-state index contributed by atoms with van der Waals surface area (Å²) in [4.78, 5) is 27.3. The second-order valence-corrected chi connectivity index (χ2v) is 8.57. The second-order valence-electron chi connectivity index (χ2n) is 8.57. The number of rotatable bonds is 3. The minimum atomic E-state index is -0.965. The average Bonchev–Trinajstić information content (AvgIpc) is 3.11. The van der Waals surface area contributed by atoms with Gasteiger partial charge in [0.15, 0.2) is 0 Å². The molecule has 1 aliphatic carbocycles. The molecule has 2 aliphatic heterocycles. The predicted molar refractivity (Wildman–Crippen MR) is 97.6 cm³/mol. The van der Waals surface area contributed by atoms with Crippen molar-refractivity contribution in [1.82, 2.24) is 14.7 Å². The Labute approximate surface area is 154 Å². The maximum absolute atomic E-state index is 13.1. The summed E-state index contributed by atoms with van der Waals surface area (Å²) in [7, 11) is 0. The Morgan fingerprint density at radius 3 is 2.46 bits per heavy atom. The third-order valence-electron chi connectivity index (χ3n) is 6.50. The first kappa shape index (κ1) is 17.7. The molecule has 26 heavy (non-hydrogen) atoms. The van der Waals surface area contributed by atoms with Crippen LogP contribution in [0.1, 0.15) is 63.5 Å². The fraction of sp³-hybridized carbons (Fsp3) is 0.750. The van der Waals surface area contributed by atoms with Crippen molar-refractivity contribution >= 4 is 5.91 Å². The van der Waals surface area contributed by atoms with Gasteiger partial charge in [-0.15, -0.1) is 0 Å². The Morgan fingerprint density at radius 2 is 1.81 bits per heavy atom. The molecule has 4 rings (SSSR count). The molecule has 1 aromatic heterocycles. The number of aryl methyl sites for hydroxylation is 1. The lowest BCUT2D eigenvalue weighted by atomic mass is 9.75. The molecule has 1 amide bonds. The molecule has 3 aliphatic rings. The monoisotopic (exact) mass is 359 g/mol. The molecular weight excluding hydrogens is 330 g/mol. The summed E-state index contributed by atoms with van der Waals surface area (Å²) in [5.74, 6) is 0.496. The van der Waals surface area contributed by atoms with Gasteiger partial charge in [0.1, 0.15) is 0 Å². The summed E-state index contributed by atoms with van der Waals surface area (Å²) < 4.78 is 1.39. The summed E-state index contributed by atoms with van der Waals surface area (Å²) in [5, 5.41) is 15.6. The number of piperidine rings is 2. The number of aromatic nitrogens is 2. The van der Waals surface area contributed by atoms with Crippen LogP contribution in [-0.4, -0.2) is 43.4 Å². The molecular formula is C20H29N3O3. The molecule has 2 unspecified atom stereocenters. The first-order valence-corrected chi connectivity index (χ1v) is 10.0. The summed E-state index contributed by atoms with van der Waals surface area (Å²) in [5.41, 5.74) is -0.381. The molecule has 3 heterocycles. The maximum Gasteiger partial charge on any atom is 0.266 e. The molecule has 142 valence electrons. The molecule has 0 radical (unpaired) electrons. The van der Waals surface area contributed by atoms with Crippen molar-refractivity contribution in [1.29, 1.82) is 0 Å². The van der Waals surface area contributed by atoms with Crippen molar-refractivity contribution in [2.75, 3.05) is 0 Å². The molecule has 2 bridgehead atoms. The number of nitrogens with zero attached hydrogens (tertiary/aromatic N) is 3. The molecule has 2 atom stereocenters. The Kier molecular flexibility index (Phi) is 4.63. The van der Waals surface area contributed by atoms with Crippen LogP contribution in [0.3, 0.4) is 0 Å². The summed E-state index contributed by atoms with van der Waals surface area (Å²) in [6, 6.07) is 3.40. The van der Waals surface area contributed by atoms with Crippen molar-refractivity contribution in [3.63, 3.8) is 0 Å². The zero-order valence-corrected chi connectivity index (χ0v) is 15.6. The molecule has 6 heteroatoms. The van der Waals surface area contributed by atoms with E-state index < -0.39 is 5.60 Å². The standard InChI is InChI=1S/C20H29N3O3/c1-14-9-10-18(24)22(21-14)13-20(26)11-16-7-4-8-17(12-20)23(16)19(25)15-5-2-3-6-15/h9-10,15-17,26H,2-8,11-13H2,1H3. The van der Waals surface area contributed by atoms with Crippen molar-refractivity contribution in [2.24, 2.45) is 5.92 Å². The minimum Gasteiger partial charge on any atom is -0.388 e. The molecule has 2 saturated heterocycles. The summed E-state index contributed by atoms with van der Waals surface area (Å²) in [6.45, 7) is 2.06. The van der Waals surface area contributed by atoms with E-state index in [4.69, 9.17) is 0 Å². The van der Waals surface area contributed by atoms with Gasteiger partial charge in [0.25, 0.3) is 5.56 Å². The number of aliphatic hydroxyl groups is 1. The van der Waals surface area contributed by atoms with E-state index in [2.05, 4.69) is 10.00 Å². The highest BCUT2D eigenvalue weighted by atomic mass is 16.3. The summed E-state index contributed by atoms with van der Waals surface area (Å²) >= 11 is 0. The van der Waals surface area contributed by atoms with Gasteiger partial charge >= 0.3 is 0 Å². The van der Waals surface area contributed by atoms with Crippen LogP contribution < -0.4 is 5.56 Å². The van der Waals surface area contributed by atoms with Crippen molar-refractivity contribution in [3.05, 3.63) is 28.2 Å². The van der Waals surface area contributed by atoms with E-state index in [-0.39, 0.29) is 30.1 Å². The number of amides is 1. The first-order chi connectivity index (χ1) is 12.5. The SMILES string of the molecule is Cc1ccc(=O)n(CC2(O)CC3CCCC(C2)N3C(=O)C2CCCC2)n1. The summed E-state index contributed by atoms with van der Waals surface area (Å²) in [6.07, 6.45) is 8.46. The van der Waals surface area contributed by atoms with Crippen LogP contribution >= 0.6 is 0 Å². The van der Waals surface area contributed by atoms with Crippen molar-refractivity contribution in [2.45, 2.75) is 88.9 Å².